The summed E-state index contributed by atoms with van der Waals surface area (Å²) < 4.78 is 5.89. The Bertz CT molecular complexity index is 847. The van der Waals surface area contributed by atoms with Crippen LogP contribution in [-0.2, 0) is 13.0 Å². The van der Waals surface area contributed by atoms with Gasteiger partial charge in [-0.2, -0.15) is 0 Å². The first-order chi connectivity index (χ1) is 13.2. The molecule has 0 fully saturated rings. The lowest BCUT2D eigenvalue weighted by atomic mass is 10.1. The number of carbonyl (C=O) groups excluding carboxylic acids is 1. The summed E-state index contributed by atoms with van der Waals surface area (Å²) in [5, 5.41) is 3.09. The third-order valence-corrected chi connectivity index (χ3v) is 4.46. The van der Waals surface area contributed by atoms with E-state index in [0.717, 1.165) is 18.4 Å². The van der Waals surface area contributed by atoms with Gasteiger partial charge in [0, 0.05) is 6.04 Å². The van der Waals surface area contributed by atoms with Crippen LogP contribution in [0.3, 0.4) is 0 Å². The molecule has 1 N–H and O–H groups in total. The first-order valence-electron chi connectivity index (χ1n) is 9.33. The van der Waals surface area contributed by atoms with E-state index in [9.17, 15) is 4.79 Å². The minimum Gasteiger partial charge on any atom is -0.488 e. The SMILES string of the molecule is C[C@@H](CCc1ccccc1)NC(=O)c1ccccc1OCc1ccccc1. The first-order valence-corrected chi connectivity index (χ1v) is 9.33. The highest BCUT2D eigenvalue weighted by Crippen LogP contribution is 2.20. The largest absolute Gasteiger partial charge is 0.488 e. The maximum absolute atomic E-state index is 12.7. The Morgan fingerprint density at radius 1 is 0.852 bits per heavy atom. The van der Waals surface area contributed by atoms with Crippen LogP contribution in [0.25, 0.3) is 0 Å². The molecule has 0 aliphatic carbocycles. The first kappa shape index (κ1) is 18.7. The molecule has 3 aromatic rings. The molecule has 27 heavy (non-hydrogen) atoms. The predicted molar refractivity (Wildman–Crippen MR) is 109 cm³/mol. The zero-order chi connectivity index (χ0) is 18.9. The number of amides is 1. The highest BCUT2D eigenvalue weighted by Gasteiger charge is 2.14. The molecule has 0 radical (unpaired) electrons. The molecule has 0 spiro atoms. The van der Waals surface area contributed by atoms with Crippen LogP contribution in [0.15, 0.2) is 84.9 Å². The molecule has 1 amide bonds. The van der Waals surface area contributed by atoms with E-state index in [1.54, 1.807) is 6.07 Å². The number of benzene rings is 3. The Morgan fingerprint density at radius 2 is 1.44 bits per heavy atom. The second-order valence-electron chi connectivity index (χ2n) is 6.67. The number of carbonyl (C=O) groups is 1. The van der Waals surface area contributed by atoms with Crippen molar-refractivity contribution < 1.29 is 9.53 Å². The lowest BCUT2D eigenvalue weighted by Gasteiger charge is -2.16. The minimum absolute atomic E-state index is 0.0832. The summed E-state index contributed by atoms with van der Waals surface area (Å²) in [5.41, 5.74) is 2.93. The molecule has 0 bridgehead atoms. The van der Waals surface area contributed by atoms with Crippen molar-refractivity contribution in [2.75, 3.05) is 0 Å². The van der Waals surface area contributed by atoms with Gasteiger partial charge in [-0.05, 0) is 43.0 Å². The van der Waals surface area contributed by atoms with Crippen LogP contribution in [0.4, 0.5) is 0 Å². The number of nitrogens with one attached hydrogen (secondary N) is 1. The van der Waals surface area contributed by atoms with Crippen LogP contribution in [0.2, 0.25) is 0 Å². The third-order valence-electron chi connectivity index (χ3n) is 4.46. The molecular weight excluding hydrogens is 334 g/mol. The molecule has 0 heterocycles. The number of aryl methyl sites for hydroxylation is 1. The molecule has 3 aromatic carbocycles. The zero-order valence-electron chi connectivity index (χ0n) is 15.6. The van der Waals surface area contributed by atoms with E-state index in [2.05, 4.69) is 17.4 Å². The highest BCUT2D eigenvalue weighted by molar-refractivity contribution is 5.97. The van der Waals surface area contributed by atoms with Crippen LogP contribution < -0.4 is 10.1 Å². The van der Waals surface area contributed by atoms with Gasteiger partial charge >= 0.3 is 0 Å². The Hall–Kier alpha value is -3.07. The van der Waals surface area contributed by atoms with Gasteiger partial charge in [0.1, 0.15) is 12.4 Å². The topological polar surface area (TPSA) is 38.3 Å². The fraction of sp³-hybridized carbons (Fsp3) is 0.208. The molecule has 0 unspecified atom stereocenters. The Balaban J connectivity index is 1.57. The number of hydrogen-bond acceptors (Lipinski definition) is 2. The monoisotopic (exact) mass is 359 g/mol. The van der Waals surface area contributed by atoms with Gasteiger partial charge in [-0.25, -0.2) is 0 Å². The lowest BCUT2D eigenvalue weighted by Crippen LogP contribution is -2.33. The molecule has 0 saturated carbocycles. The van der Waals surface area contributed by atoms with Gasteiger partial charge in [0.2, 0.25) is 0 Å². The standard InChI is InChI=1S/C24H25NO2/c1-19(16-17-20-10-4-2-5-11-20)25-24(26)22-14-8-9-15-23(22)27-18-21-12-6-3-7-13-21/h2-15,19H,16-18H2,1H3,(H,25,26)/t19-/m0/s1. The second-order valence-corrected chi connectivity index (χ2v) is 6.67. The quantitative estimate of drug-likeness (QED) is 0.613. The van der Waals surface area contributed by atoms with E-state index in [1.807, 2.05) is 73.7 Å². The summed E-state index contributed by atoms with van der Waals surface area (Å²) in [6.45, 7) is 2.48. The van der Waals surface area contributed by atoms with Crippen LogP contribution in [0, 0.1) is 0 Å². The molecule has 1 atom stereocenters. The van der Waals surface area contributed by atoms with Gasteiger partial charge < -0.3 is 10.1 Å². The van der Waals surface area contributed by atoms with E-state index in [4.69, 9.17) is 4.74 Å². The van der Waals surface area contributed by atoms with Crippen molar-refractivity contribution in [3.8, 4) is 5.75 Å². The highest BCUT2D eigenvalue weighted by atomic mass is 16.5. The predicted octanol–water partition coefficient (Wildman–Crippen LogP) is 5.02. The van der Waals surface area contributed by atoms with Gasteiger partial charge in [0.05, 0.1) is 5.56 Å². The molecule has 138 valence electrons. The second kappa shape index (κ2) is 9.58. The lowest BCUT2D eigenvalue weighted by molar-refractivity contribution is 0.0934. The van der Waals surface area contributed by atoms with Gasteiger partial charge in [0.25, 0.3) is 5.91 Å². The fourth-order valence-electron chi connectivity index (χ4n) is 2.92. The average molecular weight is 359 g/mol. The molecule has 0 saturated heterocycles. The number of hydrogen-bond donors (Lipinski definition) is 1. The summed E-state index contributed by atoms with van der Waals surface area (Å²) in [5.74, 6) is 0.508. The van der Waals surface area contributed by atoms with Crippen LogP contribution in [0.1, 0.15) is 34.8 Å². The Morgan fingerprint density at radius 3 is 2.15 bits per heavy atom. The van der Waals surface area contributed by atoms with Gasteiger partial charge in [-0.3, -0.25) is 4.79 Å². The smallest absolute Gasteiger partial charge is 0.255 e. The molecule has 0 aromatic heterocycles. The van der Waals surface area contributed by atoms with Crippen LogP contribution >= 0.6 is 0 Å². The van der Waals surface area contributed by atoms with Crippen molar-refractivity contribution in [1.29, 1.82) is 0 Å². The molecule has 3 heteroatoms. The van der Waals surface area contributed by atoms with E-state index >= 15 is 0 Å². The average Bonchev–Trinajstić information content (AvgIpc) is 2.72. The Labute approximate surface area is 161 Å². The number of ether oxygens (including phenoxy) is 1. The van der Waals surface area contributed by atoms with Crippen LogP contribution in [-0.4, -0.2) is 11.9 Å². The van der Waals surface area contributed by atoms with E-state index in [1.165, 1.54) is 5.56 Å². The maximum atomic E-state index is 12.7. The van der Waals surface area contributed by atoms with Crippen molar-refractivity contribution in [2.24, 2.45) is 0 Å². The maximum Gasteiger partial charge on any atom is 0.255 e. The number of rotatable bonds is 8. The summed E-state index contributed by atoms with van der Waals surface area (Å²) >= 11 is 0. The van der Waals surface area contributed by atoms with E-state index in [-0.39, 0.29) is 11.9 Å². The molecule has 0 aliphatic heterocycles. The normalized spacial score (nSPS) is 11.6. The Kier molecular flexibility index (Phi) is 6.64. The summed E-state index contributed by atoms with van der Waals surface area (Å²) in [7, 11) is 0. The minimum atomic E-state index is -0.0979. The van der Waals surface area contributed by atoms with Crippen molar-refractivity contribution in [1.82, 2.24) is 5.32 Å². The van der Waals surface area contributed by atoms with Crippen molar-refractivity contribution in [3.63, 3.8) is 0 Å². The third kappa shape index (κ3) is 5.71. The van der Waals surface area contributed by atoms with Crippen molar-refractivity contribution in [2.45, 2.75) is 32.4 Å². The van der Waals surface area contributed by atoms with Gasteiger partial charge in [-0.1, -0.05) is 72.8 Å². The summed E-state index contributed by atoms with van der Waals surface area (Å²) in [6, 6.07) is 27.7. The van der Waals surface area contributed by atoms with Crippen LogP contribution in [0.5, 0.6) is 5.75 Å². The van der Waals surface area contributed by atoms with E-state index < -0.39 is 0 Å². The van der Waals surface area contributed by atoms with E-state index in [0.29, 0.717) is 17.9 Å². The zero-order valence-corrected chi connectivity index (χ0v) is 15.6. The summed E-state index contributed by atoms with van der Waals surface area (Å²) in [6.07, 6.45) is 1.83. The fourth-order valence-corrected chi connectivity index (χ4v) is 2.92. The van der Waals surface area contributed by atoms with Crippen molar-refractivity contribution in [3.05, 3.63) is 102 Å². The molecule has 0 aliphatic rings. The van der Waals surface area contributed by atoms with Gasteiger partial charge in [0.15, 0.2) is 0 Å². The number of para-hydroxylation sites is 1. The van der Waals surface area contributed by atoms with Gasteiger partial charge in [-0.15, -0.1) is 0 Å². The molecule has 3 rings (SSSR count). The molecular formula is C24H25NO2. The van der Waals surface area contributed by atoms with Crippen molar-refractivity contribution >= 4 is 5.91 Å². The molecule has 3 nitrogen and oxygen atoms in total. The summed E-state index contributed by atoms with van der Waals surface area (Å²) in [4.78, 5) is 12.7.